The molecule has 0 heterocycles. The number of carbonyl (C=O) groups excluding carboxylic acids is 2. The van der Waals surface area contributed by atoms with Crippen molar-refractivity contribution in [3.8, 4) is 0 Å². The van der Waals surface area contributed by atoms with E-state index >= 15 is 0 Å². The van der Waals surface area contributed by atoms with Gasteiger partial charge in [-0.2, -0.15) is 0 Å². The van der Waals surface area contributed by atoms with Crippen LogP contribution in [0.25, 0.3) is 0 Å². The van der Waals surface area contributed by atoms with Gasteiger partial charge in [-0.15, -0.1) is 13.2 Å². The summed E-state index contributed by atoms with van der Waals surface area (Å²) in [4.78, 5) is 18.2. The Kier molecular flexibility index (Phi) is 75.4. The molecule has 0 atom stereocenters. The minimum Gasteiger partial charge on any atom is -0.371 e. The van der Waals surface area contributed by atoms with Crippen LogP contribution in [0, 0.1) is 0 Å². The van der Waals surface area contributed by atoms with E-state index in [1.807, 2.05) is 34.6 Å². The first kappa shape index (κ1) is 40.8. The zero-order valence-electron chi connectivity index (χ0n) is 18.0. The number of primary amides is 2. The van der Waals surface area contributed by atoms with Crippen LogP contribution in [-0.2, 0) is 13.3 Å². The second-order valence-corrected chi connectivity index (χ2v) is 6.00. The molecule has 0 aromatic rings. The van der Waals surface area contributed by atoms with Crippen molar-refractivity contribution in [3.63, 3.8) is 0 Å². The molecule has 0 rings (SSSR count). The van der Waals surface area contributed by atoms with Gasteiger partial charge >= 0.3 is 9.53 Å². The highest BCUT2D eigenvalue weighted by atomic mass is 32.1. The molecule has 165 valence electrons. The van der Waals surface area contributed by atoms with Gasteiger partial charge in [0.15, 0.2) is 0 Å². The Morgan fingerprint density at radius 3 is 1.00 bits per heavy atom. The molecule has 0 saturated heterocycles. The van der Waals surface area contributed by atoms with E-state index in [0.29, 0.717) is 19.8 Å². The third-order valence-corrected chi connectivity index (χ3v) is 2.36. The van der Waals surface area contributed by atoms with E-state index in [0.717, 1.165) is 0 Å². The van der Waals surface area contributed by atoms with Crippen LogP contribution in [0.4, 0.5) is 9.59 Å². The lowest BCUT2D eigenvalue weighted by atomic mass is 10.6. The van der Waals surface area contributed by atoms with Gasteiger partial charge in [0.1, 0.15) is 0 Å². The number of hydrogen-bond acceptors (Lipinski definition) is 5. The third kappa shape index (κ3) is 201. The minimum atomic E-state index is -1.40. The summed E-state index contributed by atoms with van der Waals surface area (Å²) in [6, 6.07) is 0. The molecule has 2 amide bonds. The summed E-state index contributed by atoms with van der Waals surface area (Å²) in [5.41, 5.74) is 8.67. The molecule has 0 aromatic heterocycles. The summed E-state index contributed by atoms with van der Waals surface area (Å²) in [5, 5.41) is -1.28. The number of hydrogen-bond donors (Lipinski definition) is 4. The van der Waals surface area contributed by atoms with Gasteiger partial charge in [0.25, 0.3) is 10.5 Å². The van der Waals surface area contributed by atoms with Gasteiger partial charge < -0.3 is 24.7 Å². The van der Waals surface area contributed by atoms with Crippen molar-refractivity contribution in [2.24, 2.45) is 11.5 Å². The second kappa shape index (κ2) is 49.9. The van der Waals surface area contributed by atoms with Crippen molar-refractivity contribution in [2.75, 3.05) is 19.8 Å². The number of nitrogens with two attached hydrogens (primary N) is 2. The van der Waals surface area contributed by atoms with E-state index in [-0.39, 0.29) is 0 Å². The van der Waals surface area contributed by atoms with Crippen molar-refractivity contribution >= 4 is 45.3 Å². The van der Waals surface area contributed by atoms with Crippen molar-refractivity contribution in [1.82, 2.24) is 0 Å². The van der Waals surface area contributed by atoms with Crippen molar-refractivity contribution < 1.29 is 22.9 Å². The fourth-order valence-corrected chi connectivity index (χ4v) is 1.44. The Bertz CT molecular complexity index is 260. The molecule has 7 nitrogen and oxygen atoms in total. The van der Waals surface area contributed by atoms with Crippen LogP contribution in [0.1, 0.15) is 54.9 Å². The number of thiol groups is 2. The molecule has 0 saturated carbocycles. The van der Waals surface area contributed by atoms with Gasteiger partial charge in [0, 0.05) is 19.8 Å². The van der Waals surface area contributed by atoms with Crippen molar-refractivity contribution in [1.29, 1.82) is 0 Å². The van der Waals surface area contributed by atoms with E-state index < -0.39 is 20.0 Å². The predicted molar refractivity (Wildman–Crippen MR) is 125 cm³/mol. The number of amides is 2. The largest absolute Gasteiger partial charge is 0.577 e. The molecule has 0 fully saturated rings. The van der Waals surface area contributed by atoms with E-state index in [2.05, 4.69) is 63.7 Å². The van der Waals surface area contributed by atoms with Gasteiger partial charge in [0.05, 0.1) is 0 Å². The highest BCUT2D eigenvalue weighted by Gasteiger charge is 2.15. The van der Waals surface area contributed by atoms with Gasteiger partial charge in [-0.1, -0.05) is 57.7 Å². The lowest BCUT2D eigenvalue weighted by Gasteiger charge is -2.10. The summed E-state index contributed by atoms with van der Waals surface area (Å²) in [6.45, 7) is 22.5. The normalized spacial score (nSPS) is 7.48. The quantitative estimate of drug-likeness (QED) is 0.264. The average molecular weight is 446 g/mol. The summed E-state index contributed by atoms with van der Waals surface area (Å²) in [6.07, 6.45) is 4.75. The number of carbonyl (C=O) groups is 2. The summed E-state index contributed by atoms with van der Waals surface area (Å²) in [5.74, 6) is 0. The molecule has 0 aliphatic rings. The zero-order valence-corrected chi connectivity index (χ0v) is 20.8. The topological polar surface area (TPSA) is 114 Å². The Hall–Kier alpha value is -0.783. The van der Waals surface area contributed by atoms with Gasteiger partial charge in [-0.05, 0) is 34.6 Å². The Morgan fingerprint density at radius 1 is 0.815 bits per heavy atom. The minimum absolute atomic E-state index is 0.639. The molecule has 0 aliphatic heterocycles. The lowest BCUT2D eigenvalue weighted by Crippen LogP contribution is -2.27. The number of rotatable bonds is 6. The first-order valence-electron chi connectivity index (χ1n) is 8.42. The molecule has 0 bridgehead atoms. The van der Waals surface area contributed by atoms with Crippen LogP contribution in [0.5, 0.6) is 0 Å². The molecule has 10 heteroatoms. The molecular formula is C17H41N2O5S2Si. The summed E-state index contributed by atoms with van der Waals surface area (Å²) in [7, 11) is -1.40. The molecule has 0 spiro atoms. The highest BCUT2D eigenvalue weighted by molar-refractivity contribution is 7.96. The van der Waals surface area contributed by atoms with Crippen molar-refractivity contribution in [3.05, 3.63) is 25.3 Å². The summed E-state index contributed by atoms with van der Waals surface area (Å²) >= 11 is 6.21. The fourth-order valence-electron chi connectivity index (χ4n) is 0.479. The lowest BCUT2D eigenvalue weighted by molar-refractivity contribution is 0.107. The maximum absolute atomic E-state index is 9.09. The van der Waals surface area contributed by atoms with Crippen LogP contribution in [0.15, 0.2) is 25.3 Å². The predicted octanol–water partition coefficient (Wildman–Crippen LogP) is 4.87. The highest BCUT2D eigenvalue weighted by Crippen LogP contribution is 1.91. The monoisotopic (exact) mass is 445 g/mol. The first-order chi connectivity index (χ1) is 12.6. The maximum Gasteiger partial charge on any atom is 0.577 e. The Morgan fingerprint density at radius 2 is 0.926 bits per heavy atom. The van der Waals surface area contributed by atoms with Gasteiger partial charge in [-0.3, -0.25) is 9.59 Å². The molecule has 0 aromatic carbocycles. The fraction of sp³-hybridized carbons (Fsp3) is 0.647. The van der Waals surface area contributed by atoms with Crippen LogP contribution < -0.4 is 11.5 Å². The maximum atomic E-state index is 9.09. The van der Waals surface area contributed by atoms with E-state index in [1.165, 1.54) is 6.42 Å². The average Bonchev–Trinajstić information content (AvgIpc) is 2.49. The molecule has 1 radical (unpaired) electrons. The number of allylic oxidation sites excluding steroid dienone is 2. The molecular weight excluding hydrogens is 404 g/mol. The molecule has 4 N–H and O–H groups in total. The van der Waals surface area contributed by atoms with Crippen LogP contribution in [0.2, 0.25) is 0 Å². The molecule has 0 unspecified atom stereocenters. The Balaban J connectivity index is -0.0000000546. The first-order valence-corrected chi connectivity index (χ1v) is 10.5. The van der Waals surface area contributed by atoms with E-state index in [1.54, 1.807) is 12.2 Å². The standard InChI is InChI=1S/C6H15O3Si.C3H8.2C3H6.2CH3NOS/c1-4-7-10(8-5-2)9-6-3;3*1-3-2;2*2-1(3)4/h4-6H2,1-3H3;3H2,1-2H3;2*3H,1H2,2H3;2*(H3,2,3,4). The smallest absolute Gasteiger partial charge is 0.371 e. The third-order valence-electron chi connectivity index (χ3n) is 0.787. The summed E-state index contributed by atoms with van der Waals surface area (Å²) < 4.78 is 15.5. The van der Waals surface area contributed by atoms with E-state index in [9.17, 15) is 0 Å². The zero-order chi connectivity index (χ0) is 23.1. The SMILES string of the molecule is C=CC.C=CC.CCC.CCO[Si](OCC)OCC.NC(=O)S.NC(=O)S. The van der Waals surface area contributed by atoms with E-state index in [4.69, 9.17) is 22.9 Å². The molecule has 27 heavy (non-hydrogen) atoms. The Labute approximate surface area is 179 Å². The van der Waals surface area contributed by atoms with Crippen LogP contribution in [0.3, 0.4) is 0 Å². The molecule has 0 aliphatic carbocycles. The second-order valence-electron chi connectivity index (χ2n) is 3.75. The van der Waals surface area contributed by atoms with Crippen molar-refractivity contribution in [2.45, 2.75) is 54.9 Å². The van der Waals surface area contributed by atoms with Crippen LogP contribution in [-0.4, -0.2) is 39.8 Å². The van der Waals surface area contributed by atoms with Gasteiger partial charge in [-0.25, -0.2) is 0 Å². The van der Waals surface area contributed by atoms with Crippen LogP contribution >= 0.6 is 25.3 Å². The van der Waals surface area contributed by atoms with Gasteiger partial charge in [0.2, 0.25) is 0 Å².